The van der Waals surface area contributed by atoms with E-state index in [2.05, 4.69) is 10.0 Å². The molecule has 1 amide bonds. The van der Waals surface area contributed by atoms with E-state index in [1.807, 2.05) is 6.07 Å². The molecule has 33 heavy (non-hydrogen) atoms. The van der Waals surface area contributed by atoms with Crippen molar-refractivity contribution in [1.29, 1.82) is 0 Å². The molecule has 1 atom stereocenters. The molecule has 3 rings (SSSR count). The van der Waals surface area contributed by atoms with E-state index in [-0.39, 0.29) is 22.2 Å². The summed E-state index contributed by atoms with van der Waals surface area (Å²) < 4.78 is 36.7. The van der Waals surface area contributed by atoms with Gasteiger partial charge in [0.1, 0.15) is 5.69 Å². The number of methoxy groups -OCH3 is 1. The summed E-state index contributed by atoms with van der Waals surface area (Å²) >= 11 is 0. The van der Waals surface area contributed by atoms with Crippen molar-refractivity contribution in [3.8, 4) is 5.69 Å². The largest absolute Gasteiger partial charge is 0.383 e. The van der Waals surface area contributed by atoms with E-state index in [1.165, 1.54) is 23.9 Å². The molecule has 0 aliphatic carbocycles. The molecular weight excluding hydrogens is 444 g/mol. The van der Waals surface area contributed by atoms with Gasteiger partial charge in [-0.05, 0) is 50.6 Å². The number of nitrogens with zero attached hydrogens (tertiary/aromatic N) is 2. The van der Waals surface area contributed by atoms with Gasteiger partial charge in [-0.1, -0.05) is 24.3 Å². The van der Waals surface area contributed by atoms with Gasteiger partial charge >= 0.3 is 0 Å². The van der Waals surface area contributed by atoms with Gasteiger partial charge in [-0.3, -0.25) is 19.0 Å². The summed E-state index contributed by atoms with van der Waals surface area (Å²) in [5.74, 6) is -0.406. The average molecular weight is 473 g/mol. The first kappa shape index (κ1) is 24.3. The number of hydrogen-bond donors (Lipinski definition) is 2. The van der Waals surface area contributed by atoms with Crippen LogP contribution >= 0.6 is 0 Å². The first-order valence-electron chi connectivity index (χ1n) is 10.3. The number of para-hydroxylation sites is 1. The summed E-state index contributed by atoms with van der Waals surface area (Å²) in [6.07, 6.45) is 0. The molecule has 2 N–H and O–H groups in total. The third kappa shape index (κ3) is 5.01. The zero-order valence-corrected chi connectivity index (χ0v) is 20.1. The third-order valence-corrected chi connectivity index (χ3v) is 6.70. The van der Waals surface area contributed by atoms with Crippen molar-refractivity contribution in [2.75, 3.05) is 18.4 Å². The molecular formula is C23H28N4O5S. The Morgan fingerprint density at radius 1 is 1.12 bits per heavy atom. The number of sulfonamides is 1. The summed E-state index contributed by atoms with van der Waals surface area (Å²) in [5.41, 5.74) is 1.36. The minimum atomic E-state index is -4.14. The quantitative estimate of drug-likeness (QED) is 0.523. The standard InChI is InChI=1S/C23H28N4O5S/c1-15-11-12-19(13-20(15)22(28)24-16(2)14-32-5)33(30,31)25-21-17(3)26(4)27(23(21)29)18-9-7-6-8-10-18/h6-13,16,25H,14H2,1-5H3,(H,24,28). The Kier molecular flexibility index (Phi) is 7.09. The number of ether oxygens (including phenoxy) is 1. The van der Waals surface area contributed by atoms with E-state index in [1.54, 1.807) is 62.8 Å². The number of benzene rings is 2. The molecule has 2 aromatic carbocycles. The maximum absolute atomic E-state index is 13.2. The van der Waals surface area contributed by atoms with Crippen molar-refractivity contribution in [3.63, 3.8) is 0 Å². The number of carbonyl (C=O) groups excluding carboxylic acids is 1. The highest BCUT2D eigenvalue weighted by Crippen LogP contribution is 2.21. The van der Waals surface area contributed by atoms with E-state index in [9.17, 15) is 18.0 Å². The lowest BCUT2D eigenvalue weighted by atomic mass is 10.1. The van der Waals surface area contributed by atoms with Crippen LogP contribution in [0.1, 0.15) is 28.5 Å². The highest BCUT2D eigenvalue weighted by atomic mass is 32.2. The molecule has 0 saturated carbocycles. The number of aromatic nitrogens is 2. The van der Waals surface area contributed by atoms with Gasteiger partial charge in [0.15, 0.2) is 0 Å². The topological polar surface area (TPSA) is 111 Å². The Labute approximate surface area is 193 Å². The second-order valence-corrected chi connectivity index (χ2v) is 9.53. The Bertz CT molecular complexity index is 1330. The normalized spacial score (nSPS) is 12.4. The zero-order valence-electron chi connectivity index (χ0n) is 19.2. The summed E-state index contributed by atoms with van der Waals surface area (Å²) in [6.45, 7) is 5.49. The molecule has 0 bridgehead atoms. The molecule has 3 aromatic rings. The molecule has 1 aromatic heterocycles. The van der Waals surface area contributed by atoms with Crippen LogP contribution in [-0.2, 0) is 21.8 Å². The summed E-state index contributed by atoms with van der Waals surface area (Å²) in [5, 5.41) is 2.78. The van der Waals surface area contributed by atoms with Crippen LogP contribution < -0.4 is 15.6 Å². The fraction of sp³-hybridized carbons (Fsp3) is 0.304. The Morgan fingerprint density at radius 3 is 2.42 bits per heavy atom. The van der Waals surface area contributed by atoms with Crippen LogP contribution in [0, 0.1) is 13.8 Å². The molecule has 1 unspecified atom stereocenters. The van der Waals surface area contributed by atoms with Gasteiger partial charge in [0.2, 0.25) is 0 Å². The van der Waals surface area contributed by atoms with Crippen molar-refractivity contribution in [2.24, 2.45) is 7.05 Å². The van der Waals surface area contributed by atoms with Crippen molar-refractivity contribution in [3.05, 3.63) is 75.7 Å². The predicted molar refractivity (Wildman–Crippen MR) is 127 cm³/mol. The van der Waals surface area contributed by atoms with Gasteiger partial charge in [0.25, 0.3) is 21.5 Å². The smallest absolute Gasteiger partial charge is 0.296 e. The molecule has 176 valence electrons. The number of anilines is 1. The average Bonchev–Trinajstić information content (AvgIpc) is 2.97. The molecule has 0 aliphatic rings. The van der Waals surface area contributed by atoms with Crippen LogP contribution in [0.3, 0.4) is 0 Å². The fourth-order valence-electron chi connectivity index (χ4n) is 3.49. The fourth-order valence-corrected chi connectivity index (χ4v) is 4.63. The summed E-state index contributed by atoms with van der Waals surface area (Å²) in [6, 6.07) is 13.0. The zero-order chi connectivity index (χ0) is 24.3. The Morgan fingerprint density at radius 2 is 1.79 bits per heavy atom. The van der Waals surface area contributed by atoms with Crippen molar-refractivity contribution < 1.29 is 17.9 Å². The lowest BCUT2D eigenvalue weighted by Crippen LogP contribution is -2.36. The van der Waals surface area contributed by atoms with E-state index in [0.29, 0.717) is 23.6 Å². The molecule has 0 radical (unpaired) electrons. The van der Waals surface area contributed by atoms with Crippen molar-refractivity contribution >= 4 is 21.6 Å². The third-order valence-electron chi connectivity index (χ3n) is 5.35. The van der Waals surface area contributed by atoms with Gasteiger partial charge in [-0.2, -0.15) is 0 Å². The molecule has 9 nitrogen and oxygen atoms in total. The number of carbonyl (C=O) groups is 1. The first-order chi connectivity index (χ1) is 15.6. The summed E-state index contributed by atoms with van der Waals surface area (Å²) in [7, 11) is -0.927. The van der Waals surface area contributed by atoms with Crippen molar-refractivity contribution in [2.45, 2.75) is 31.7 Å². The molecule has 0 saturated heterocycles. The maximum atomic E-state index is 13.2. The number of aryl methyl sites for hydroxylation is 1. The highest BCUT2D eigenvalue weighted by Gasteiger charge is 2.24. The number of nitrogens with one attached hydrogen (secondary N) is 2. The maximum Gasteiger partial charge on any atom is 0.296 e. The predicted octanol–water partition coefficient (Wildman–Crippen LogP) is 2.36. The van der Waals surface area contributed by atoms with Gasteiger partial charge in [0, 0.05) is 25.8 Å². The lowest BCUT2D eigenvalue weighted by Gasteiger charge is -2.15. The summed E-state index contributed by atoms with van der Waals surface area (Å²) in [4.78, 5) is 25.6. The second kappa shape index (κ2) is 9.63. The lowest BCUT2D eigenvalue weighted by molar-refractivity contribution is 0.0904. The minimum Gasteiger partial charge on any atom is -0.383 e. The number of amides is 1. The van der Waals surface area contributed by atoms with Gasteiger partial charge in [0.05, 0.1) is 22.9 Å². The number of rotatable bonds is 8. The first-order valence-corrected chi connectivity index (χ1v) is 11.8. The molecule has 0 spiro atoms. The van der Waals surface area contributed by atoms with Crippen LogP contribution in [-0.4, -0.2) is 43.4 Å². The monoisotopic (exact) mass is 472 g/mol. The van der Waals surface area contributed by atoms with E-state index in [4.69, 9.17) is 4.74 Å². The van der Waals surface area contributed by atoms with E-state index >= 15 is 0 Å². The van der Waals surface area contributed by atoms with Gasteiger partial charge in [-0.15, -0.1) is 0 Å². The SMILES string of the molecule is COCC(C)NC(=O)c1cc(S(=O)(=O)Nc2c(C)n(C)n(-c3ccccc3)c2=O)ccc1C. The highest BCUT2D eigenvalue weighted by molar-refractivity contribution is 7.92. The van der Waals surface area contributed by atoms with Gasteiger partial charge in [-0.25, -0.2) is 13.1 Å². The van der Waals surface area contributed by atoms with Gasteiger partial charge < -0.3 is 10.1 Å². The van der Waals surface area contributed by atoms with Crippen LogP contribution in [0.5, 0.6) is 0 Å². The molecule has 1 heterocycles. The molecule has 0 aliphatic heterocycles. The molecule has 10 heteroatoms. The molecule has 0 fully saturated rings. The van der Waals surface area contributed by atoms with Crippen LogP contribution in [0.15, 0.2) is 58.2 Å². The second-order valence-electron chi connectivity index (χ2n) is 7.85. The Hall–Kier alpha value is -3.37. The van der Waals surface area contributed by atoms with E-state index in [0.717, 1.165) is 0 Å². The number of hydrogen-bond acceptors (Lipinski definition) is 5. The van der Waals surface area contributed by atoms with Crippen LogP contribution in [0.2, 0.25) is 0 Å². The van der Waals surface area contributed by atoms with Crippen LogP contribution in [0.25, 0.3) is 5.69 Å². The van der Waals surface area contributed by atoms with E-state index < -0.39 is 21.5 Å². The van der Waals surface area contributed by atoms with Crippen LogP contribution in [0.4, 0.5) is 5.69 Å². The Balaban J connectivity index is 1.97. The van der Waals surface area contributed by atoms with Crippen molar-refractivity contribution in [1.82, 2.24) is 14.7 Å². The minimum absolute atomic E-state index is 0.0540.